The number of phenols is 1. The smallest absolute Gasteiger partial charge is 0.284 e. The Kier molecular flexibility index (Phi) is 5.82. The van der Waals surface area contributed by atoms with Gasteiger partial charge in [0.25, 0.3) is 5.91 Å². The van der Waals surface area contributed by atoms with E-state index in [-0.39, 0.29) is 12.4 Å². The lowest BCUT2D eigenvalue weighted by atomic mass is 10.2. The van der Waals surface area contributed by atoms with E-state index in [2.05, 4.69) is 33.1 Å². The van der Waals surface area contributed by atoms with Crippen LogP contribution < -0.4 is 19.6 Å². The summed E-state index contributed by atoms with van der Waals surface area (Å²) >= 11 is 2.11. The molecule has 2 aromatic carbocycles. The second-order valence-corrected chi connectivity index (χ2v) is 6.62. The number of hydrogen-bond acceptors (Lipinski definition) is 6. The number of ether oxygens (including phenoxy) is 3. The first-order chi connectivity index (χ1) is 12.6. The summed E-state index contributed by atoms with van der Waals surface area (Å²) in [5, 5.41) is 14.1. The van der Waals surface area contributed by atoms with Crippen LogP contribution in [0, 0.1) is 3.57 Å². The van der Waals surface area contributed by atoms with Crippen molar-refractivity contribution in [2.24, 2.45) is 5.10 Å². The lowest BCUT2D eigenvalue weighted by Crippen LogP contribution is -2.42. The number of benzene rings is 2. The first-order valence-corrected chi connectivity index (χ1v) is 9.03. The van der Waals surface area contributed by atoms with Gasteiger partial charge in [-0.3, -0.25) is 4.79 Å². The Bertz CT molecular complexity index is 840. The van der Waals surface area contributed by atoms with Crippen molar-refractivity contribution in [1.82, 2.24) is 5.43 Å². The minimum absolute atomic E-state index is 0.0311. The Morgan fingerprint density at radius 3 is 2.96 bits per heavy atom. The van der Waals surface area contributed by atoms with Crippen LogP contribution in [-0.4, -0.2) is 36.5 Å². The van der Waals surface area contributed by atoms with E-state index in [4.69, 9.17) is 14.2 Å². The molecular weight excluding hydrogens is 451 g/mol. The highest BCUT2D eigenvalue weighted by atomic mass is 127. The number of nitrogens with one attached hydrogen (secondary N) is 1. The summed E-state index contributed by atoms with van der Waals surface area (Å²) < 4.78 is 17.4. The van der Waals surface area contributed by atoms with Crippen molar-refractivity contribution in [1.29, 1.82) is 0 Å². The number of rotatable bonds is 5. The molecule has 2 aromatic rings. The molecule has 2 N–H and O–H groups in total. The van der Waals surface area contributed by atoms with Crippen LogP contribution in [0.5, 0.6) is 23.0 Å². The molecule has 0 saturated carbocycles. The van der Waals surface area contributed by atoms with E-state index < -0.39 is 12.0 Å². The molecule has 0 saturated heterocycles. The summed E-state index contributed by atoms with van der Waals surface area (Å²) in [6, 6.07) is 10.6. The molecule has 0 spiro atoms. The maximum absolute atomic E-state index is 12.2. The first kappa shape index (κ1) is 18.3. The van der Waals surface area contributed by atoms with Crippen LogP contribution in [0.4, 0.5) is 0 Å². The van der Waals surface area contributed by atoms with Crippen LogP contribution in [0.2, 0.25) is 0 Å². The van der Waals surface area contributed by atoms with Crippen molar-refractivity contribution in [2.45, 2.75) is 13.0 Å². The molecule has 0 aliphatic carbocycles. The van der Waals surface area contributed by atoms with Crippen molar-refractivity contribution >= 4 is 34.7 Å². The highest BCUT2D eigenvalue weighted by Gasteiger charge is 2.27. The molecule has 0 bridgehead atoms. The van der Waals surface area contributed by atoms with Gasteiger partial charge in [-0.2, -0.15) is 5.10 Å². The Morgan fingerprint density at radius 1 is 1.42 bits per heavy atom. The molecule has 1 heterocycles. The van der Waals surface area contributed by atoms with Crippen molar-refractivity contribution in [3.8, 4) is 23.0 Å². The Labute approximate surface area is 164 Å². The summed E-state index contributed by atoms with van der Waals surface area (Å²) in [7, 11) is 0. The van der Waals surface area contributed by atoms with Crippen molar-refractivity contribution < 1.29 is 24.1 Å². The number of hydrazone groups is 1. The van der Waals surface area contributed by atoms with E-state index in [1.807, 2.05) is 13.0 Å². The van der Waals surface area contributed by atoms with Crippen molar-refractivity contribution in [3.05, 3.63) is 45.5 Å². The molecule has 1 amide bonds. The molecule has 136 valence electrons. The van der Waals surface area contributed by atoms with Gasteiger partial charge >= 0.3 is 0 Å². The zero-order valence-corrected chi connectivity index (χ0v) is 16.1. The molecule has 0 fully saturated rings. The molecule has 0 unspecified atom stereocenters. The fourth-order valence-electron chi connectivity index (χ4n) is 2.34. The van der Waals surface area contributed by atoms with Crippen LogP contribution in [-0.2, 0) is 4.79 Å². The fraction of sp³-hybridized carbons (Fsp3) is 0.222. The Morgan fingerprint density at radius 2 is 2.19 bits per heavy atom. The third kappa shape index (κ3) is 4.18. The van der Waals surface area contributed by atoms with Gasteiger partial charge in [0.2, 0.25) is 6.10 Å². The summed E-state index contributed by atoms with van der Waals surface area (Å²) in [6.45, 7) is 2.36. The molecule has 8 heteroatoms. The number of para-hydroxylation sites is 2. The molecule has 26 heavy (non-hydrogen) atoms. The summed E-state index contributed by atoms with van der Waals surface area (Å²) in [4.78, 5) is 12.2. The molecular formula is C18H17IN2O5. The van der Waals surface area contributed by atoms with Crippen LogP contribution in [0.15, 0.2) is 41.5 Å². The highest BCUT2D eigenvalue weighted by molar-refractivity contribution is 14.1. The van der Waals surface area contributed by atoms with Gasteiger partial charge < -0.3 is 19.3 Å². The number of fused-ring (bicyclic) bond motifs is 1. The third-order valence-electron chi connectivity index (χ3n) is 3.55. The van der Waals surface area contributed by atoms with E-state index in [0.717, 1.165) is 3.57 Å². The van der Waals surface area contributed by atoms with Gasteiger partial charge in [0, 0.05) is 9.13 Å². The topological polar surface area (TPSA) is 89.4 Å². The number of phenolic OH excluding ortho intramolecular Hbond substituents is 1. The number of carbonyl (C=O) groups is 1. The summed E-state index contributed by atoms with van der Waals surface area (Å²) in [5.41, 5.74) is 2.84. The van der Waals surface area contributed by atoms with E-state index in [0.29, 0.717) is 29.4 Å². The SMILES string of the molecule is CCOc1cc(I)cc(/C=N\NC(=O)[C@@H]2COc3ccccc3O2)c1O. The molecule has 1 aliphatic heterocycles. The molecule has 1 atom stereocenters. The molecule has 7 nitrogen and oxygen atoms in total. The highest BCUT2D eigenvalue weighted by Crippen LogP contribution is 2.32. The van der Waals surface area contributed by atoms with E-state index >= 15 is 0 Å². The third-order valence-corrected chi connectivity index (χ3v) is 4.17. The van der Waals surface area contributed by atoms with Gasteiger partial charge in [-0.05, 0) is 53.8 Å². The maximum Gasteiger partial charge on any atom is 0.284 e. The summed E-state index contributed by atoms with van der Waals surface area (Å²) in [6.07, 6.45) is 0.556. The number of hydrogen-bond donors (Lipinski definition) is 2. The number of amides is 1. The van der Waals surface area contributed by atoms with Crippen LogP contribution in [0.25, 0.3) is 0 Å². The quantitative estimate of drug-likeness (QED) is 0.400. The van der Waals surface area contributed by atoms with Gasteiger partial charge in [-0.1, -0.05) is 12.1 Å². The normalized spacial score (nSPS) is 15.7. The fourth-order valence-corrected chi connectivity index (χ4v) is 2.96. The van der Waals surface area contributed by atoms with Crippen LogP contribution >= 0.6 is 22.6 Å². The summed E-state index contributed by atoms with van der Waals surface area (Å²) in [5.74, 6) is 1.02. The zero-order chi connectivity index (χ0) is 18.5. The molecule has 1 aliphatic rings. The largest absolute Gasteiger partial charge is 0.504 e. The van der Waals surface area contributed by atoms with Crippen LogP contribution in [0.3, 0.4) is 0 Å². The lowest BCUT2D eigenvalue weighted by Gasteiger charge is -2.24. The average Bonchev–Trinajstić information content (AvgIpc) is 2.65. The number of aromatic hydroxyl groups is 1. The van der Waals surface area contributed by atoms with Crippen LogP contribution in [0.1, 0.15) is 12.5 Å². The van der Waals surface area contributed by atoms with Gasteiger partial charge in [0.1, 0.15) is 6.61 Å². The standard InChI is InChI=1S/C18H17IN2O5/c1-2-24-15-8-12(19)7-11(17(15)22)9-20-21-18(23)16-10-25-13-5-3-4-6-14(13)26-16/h3-9,16,22H,2,10H2,1H3,(H,21,23)/b20-9-/t16-/m0/s1. The number of carbonyl (C=O) groups excluding carboxylic acids is 1. The predicted octanol–water partition coefficient (Wildman–Crippen LogP) is 2.69. The second-order valence-electron chi connectivity index (χ2n) is 5.37. The Balaban J connectivity index is 1.65. The molecule has 0 aromatic heterocycles. The average molecular weight is 468 g/mol. The first-order valence-electron chi connectivity index (χ1n) is 7.95. The predicted molar refractivity (Wildman–Crippen MR) is 104 cm³/mol. The Hall–Kier alpha value is -2.49. The van der Waals surface area contributed by atoms with E-state index in [1.165, 1.54) is 6.21 Å². The second kappa shape index (κ2) is 8.26. The minimum atomic E-state index is -0.800. The van der Waals surface area contributed by atoms with Gasteiger partial charge in [-0.15, -0.1) is 0 Å². The van der Waals surface area contributed by atoms with Gasteiger partial charge in [0.05, 0.1) is 12.8 Å². The van der Waals surface area contributed by atoms with Crippen molar-refractivity contribution in [2.75, 3.05) is 13.2 Å². The molecule has 0 radical (unpaired) electrons. The zero-order valence-electron chi connectivity index (χ0n) is 13.9. The number of halogens is 1. The van der Waals surface area contributed by atoms with Gasteiger partial charge in [0.15, 0.2) is 23.0 Å². The monoisotopic (exact) mass is 468 g/mol. The number of nitrogens with zero attached hydrogens (tertiary/aromatic N) is 1. The minimum Gasteiger partial charge on any atom is -0.504 e. The van der Waals surface area contributed by atoms with Crippen molar-refractivity contribution in [3.63, 3.8) is 0 Å². The van der Waals surface area contributed by atoms with E-state index in [1.54, 1.807) is 30.3 Å². The molecule has 3 rings (SSSR count). The van der Waals surface area contributed by atoms with Gasteiger partial charge in [-0.25, -0.2) is 5.43 Å². The van der Waals surface area contributed by atoms with E-state index in [9.17, 15) is 9.90 Å². The lowest BCUT2D eigenvalue weighted by molar-refractivity contribution is -0.130. The maximum atomic E-state index is 12.2.